The Labute approximate surface area is 104 Å². The van der Waals surface area contributed by atoms with Crippen molar-refractivity contribution in [3.05, 3.63) is 65.4 Å². The minimum absolute atomic E-state index is 0.981. The topological polar surface area (TPSA) is 26.0 Å². The van der Waals surface area contributed by atoms with Crippen molar-refractivity contribution in [2.24, 2.45) is 5.73 Å². The average Bonchev–Trinajstić information content (AvgIpc) is 2.32. The van der Waals surface area contributed by atoms with E-state index in [1.807, 2.05) is 19.9 Å². The molecule has 1 aromatic carbocycles. The Morgan fingerprint density at radius 1 is 1.24 bits per heavy atom. The van der Waals surface area contributed by atoms with Gasteiger partial charge in [-0.25, -0.2) is 0 Å². The van der Waals surface area contributed by atoms with Crippen molar-refractivity contribution in [1.82, 2.24) is 0 Å². The van der Waals surface area contributed by atoms with E-state index in [1.165, 1.54) is 16.7 Å². The predicted octanol–water partition coefficient (Wildman–Crippen LogP) is 3.99. The molecule has 1 heteroatoms. The van der Waals surface area contributed by atoms with Crippen molar-refractivity contribution in [3.63, 3.8) is 0 Å². The first-order valence-electron chi connectivity index (χ1n) is 5.98. The molecule has 1 rings (SSSR count). The van der Waals surface area contributed by atoms with Crippen LogP contribution in [-0.2, 0) is 6.42 Å². The van der Waals surface area contributed by atoms with Gasteiger partial charge in [0.1, 0.15) is 0 Å². The summed E-state index contributed by atoms with van der Waals surface area (Å²) in [6.07, 6.45) is 10.8. The van der Waals surface area contributed by atoms with E-state index in [0.717, 1.165) is 12.0 Å². The number of nitrogens with two attached hydrogens (primary N) is 1. The summed E-state index contributed by atoms with van der Waals surface area (Å²) in [4.78, 5) is 0. The molecule has 0 amide bonds. The lowest BCUT2D eigenvalue weighted by molar-refractivity contribution is 1.23. The van der Waals surface area contributed by atoms with Crippen molar-refractivity contribution in [2.45, 2.75) is 27.2 Å². The second-order valence-corrected chi connectivity index (χ2v) is 4.08. The van der Waals surface area contributed by atoms with Crippen molar-refractivity contribution >= 4 is 5.57 Å². The van der Waals surface area contributed by atoms with E-state index >= 15 is 0 Å². The average molecular weight is 227 g/mol. The van der Waals surface area contributed by atoms with Crippen molar-refractivity contribution in [2.75, 3.05) is 0 Å². The van der Waals surface area contributed by atoms with Crippen LogP contribution in [0.5, 0.6) is 0 Å². The second-order valence-electron chi connectivity index (χ2n) is 4.08. The summed E-state index contributed by atoms with van der Waals surface area (Å²) in [5.41, 5.74) is 10.5. The van der Waals surface area contributed by atoms with Crippen LogP contribution < -0.4 is 5.73 Å². The van der Waals surface area contributed by atoms with Crippen molar-refractivity contribution in [1.29, 1.82) is 0 Å². The maximum Gasteiger partial charge on any atom is -0.00563 e. The molecule has 0 spiro atoms. The molecular weight excluding hydrogens is 206 g/mol. The van der Waals surface area contributed by atoms with Crippen LogP contribution in [0.1, 0.15) is 30.5 Å². The van der Waals surface area contributed by atoms with E-state index in [4.69, 9.17) is 5.73 Å². The van der Waals surface area contributed by atoms with E-state index < -0.39 is 0 Å². The molecule has 0 unspecified atom stereocenters. The standard InChI is InChI=1S/C16H21N/c1-4-6-7-14-10-13(3)11-16(12-14)15(5-2)8-9-17/h4-6,8-12H,7,17H2,1-3H3/b6-4-,9-8-,15-5+. The van der Waals surface area contributed by atoms with Crippen LogP contribution in [0.2, 0.25) is 0 Å². The van der Waals surface area contributed by atoms with E-state index in [9.17, 15) is 0 Å². The van der Waals surface area contributed by atoms with Crippen molar-refractivity contribution in [3.8, 4) is 0 Å². The zero-order chi connectivity index (χ0) is 12.7. The zero-order valence-corrected chi connectivity index (χ0v) is 10.9. The number of allylic oxidation sites excluding steroid dienone is 5. The highest BCUT2D eigenvalue weighted by atomic mass is 14.5. The fourth-order valence-electron chi connectivity index (χ4n) is 1.86. The van der Waals surface area contributed by atoms with Gasteiger partial charge in [-0.1, -0.05) is 42.0 Å². The molecular formula is C16H21N. The molecule has 0 radical (unpaired) electrons. The van der Waals surface area contributed by atoms with Crippen LogP contribution >= 0.6 is 0 Å². The van der Waals surface area contributed by atoms with Gasteiger partial charge >= 0.3 is 0 Å². The zero-order valence-electron chi connectivity index (χ0n) is 10.9. The Hall–Kier alpha value is -1.76. The third-order valence-electron chi connectivity index (χ3n) is 2.65. The van der Waals surface area contributed by atoms with E-state index in [2.05, 4.69) is 43.4 Å². The summed E-state index contributed by atoms with van der Waals surface area (Å²) in [6.45, 7) is 6.20. The van der Waals surface area contributed by atoms with Gasteiger partial charge in [0.15, 0.2) is 0 Å². The molecule has 0 aliphatic carbocycles. The van der Waals surface area contributed by atoms with Gasteiger partial charge < -0.3 is 5.73 Å². The van der Waals surface area contributed by atoms with Gasteiger partial charge in [-0.15, -0.1) is 0 Å². The van der Waals surface area contributed by atoms with Crippen molar-refractivity contribution < 1.29 is 0 Å². The number of hydrogen-bond donors (Lipinski definition) is 1. The Bertz CT molecular complexity index is 451. The molecule has 0 heterocycles. The normalized spacial score (nSPS) is 12.8. The van der Waals surface area contributed by atoms with Crippen LogP contribution in [0.3, 0.4) is 0 Å². The van der Waals surface area contributed by atoms with Crippen LogP contribution in [0.15, 0.2) is 48.7 Å². The summed E-state index contributed by atoms with van der Waals surface area (Å²) >= 11 is 0. The lowest BCUT2D eigenvalue weighted by Crippen LogP contribution is -1.90. The number of rotatable bonds is 4. The lowest BCUT2D eigenvalue weighted by atomic mass is 9.98. The van der Waals surface area contributed by atoms with E-state index in [0.29, 0.717) is 0 Å². The van der Waals surface area contributed by atoms with Gasteiger partial charge in [-0.3, -0.25) is 0 Å². The fourth-order valence-corrected chi connectivity index (χ4v) is 1.86. The summed E-state index contributed by atoms with van der Waals surface area (Å²) in [6, 6.07) is 6.64. The van der Waals surface area contributed by atoms with Gasteiger partial charge in [0.25, 0.3) is 0 Å². The molecule has 0 saturated heterocycles. The van der Waals surface area contributed by atoms with Gasteiger partial charge in [-0.2, -0.15) is 0 Å². The van der Waals surface area contributed by atoms with Crippen LogP contribution in [0.4, 0.5) is 0 Å². The summed E-state index contributed by atoms with van der Waals surface area (Å²) in [5.74, 6) is 0. The first kappa shape index (κ1) is 13.3. The first-order chi connectivity index (χ1) is 8.21. The second kappa shape index (κ2) is 6.74. The van der Waals surface area contributed by atoms with Gasteiger partial charge in [0, 0.05) is 0 Å². The quantitative estimate of drug-likeness (QED) is 0.611. The number of aryl methyl sites for hydroxylation is 1. The first-order valence-corrected chi connectivity index (χ1v) is 5.98. The highest BCUT2D eigenvalue weighted by Gasteiger charge is 2.00. The number of benzene rings is 1. The summed E-state index contributed by atoms with van der Waals surface area (Å²) in [7, 11) is 0. The Kier molecular flexibility index (Phi) is 5.28. The minimum Gasteiger partial charge on any atom is -0.405 e. The molecule has 1 aromatic rings. The molecule has 0 bridgehead atoms. The van der Waals surface area contributed by atoms with Gasteiger partial charge in [0.2, 0.25) is 0 Å². The Balaban J connectivity index is 3.12. The number of hydrogen-bond acceptors (Lipinski definition) is 1. The lowest BCUT2D eigenvalue weighted by Gasteiger charge is -2.07. The molecule has 0 aromatic heterocycles. The van der Waals surface area contributed by atoms with Crippen LogP contribution in [0.25, 0.3) is 5.57 Å². The smallest absolute Gasteiger partial charge is 0.00563 e. The van der Waals surface area contributed by atoms with Crippen LogP contribution in [0, 0.1) is 6.92 Å². The fraction of sp³-hybridized carbons (Fsp3) is 0.250. The molecule has 1 nitrogen and oxygen atoms in total. The minimum atomic E-state index is 0.981. The third-order valence-corrected chi connectivity index (χ3v) is 2.65. The molecule has 0 fully saturated rings. The predicted molar refractivity (Wildman–Crippen MR) is 76.7 cm³/mol. The van der Waals surface area contributed by atoms with Gasteiger partial charge in [0.05, 0.1) is 0 Å². The molecule has 0 aliphatic heterocycles. The Morgan fingerprint density at radius 2 is 2.00 bits per heavy atom. The van der Waals surface area contributed by atoms with Crippen LogP contribution in [-0.4, -0.2) is 0 Å². The monoisotopic (exact) mass is 227 g/mol. The highest BCUT2D eigenvalue weighted by Crippen LogP contribution is 2.20. The van der Waals surface area contributed by atoms with Gasteiger partial charge in [-0.05, 0) is 56.2 Å². The molecule has 2 N–H and O–H groups in total. The molecule has 0 atom stereocenters. The SMILES string of the molecule is C/C=C\Cc1cc(C)cc(C(/C=C\N)=C/C)c1. The third kappa shape index (κ3) is 3.95. The molecule has 17 heavy (non-hydrogen) atoms. The summed E-state index contributed by atoms with van der Waals surface area (Å²) in [5, 5.41) is 0. The highest BCUT2D eigenvalue weighted by molar-refractivity contribution is 5.74. The maximum atomic E-state index is 5.47. The van der Waals surface area contributed by atoms with E-state index in [-0.39, 0.29) is 0 Å². The Morgan fingerprint density at radius 3 is 2.59 bits per heavy atom. The maximum absolute atomic E-state index is 5.47. The molecule has 0 aliphatic rings. The van der Waals surface area contributed by atoms with E-state index in [1.54, 1.807) is 6.20 Å². The largest absolute Gasteiger partial charge is 0.405 e. The molecule has 0 saturated carbocycles. The summed E-state index contributed by atoms with van der Waals surface area (Å²) < 4.78 is 0. The molecule has 90 valence electrons.